The van der Waals surface area contributed by atoms with Gasteiger partial charge in [0.2, 0.25) is 0 Å². The summed E-state index contributed by atoms with van der Waals surface area (Å²) in [4.78, 5) is 18.4. The summed E-state index contributed by atoms with van der Waals surface area (Å²) in [5.74, 6) is -0.155. The maximum absolute atomic E-state index is 14.1. The molecule has 1 aliphatic heterocycles. The second-order valence-corrected chi connectivity index (χ2v) is 7.52. The Balaban J connectivity index is 1.20. The van der Waals surface area contributed by atoms with E-state index in [0.717, 1.165) is 29.0 Å². The van der Waals surface area contributed by atoms with Crippen LogP contribution in [-0.4, -0.2) is 50.8 Å². The smallest absolute Gasteiger partial charge is 0.270 e. The van der Waals surface area contributed by atoms with Gasteiger partial charge in [-0.3, -0.25) is 4.98 Å². The third-order valence-electron chi connectivity index (χ3n) is 5.18. The summed E-state index contributed by atoms with van der Waals surface area (Å²) >= 11 is 0. The lowest BCUT2D eigenvalue weighted by molar-refractivity contribution is 0.122. The van der Waals surface area contributed by atoms with Crippen molar-refractivity contribution < 1.29 is 9.13 Å². The fourth-order valence-electron chi connectivity index (χ4n) is 3.48. The Kier molecular flexibility index (Phi) is 6.43. The average molecular weight is 459 g/mol. The molecule has 4 heterocycles. The van der Waals surface area contributed by atoms with E-state index < -0.39 is 5.82 Å². The normalized spacial score (nSPS) is 14.0. The average Bonchev–Trinajstić information content (AvgIpc) is 3.42. The first kappa shape index (κ1) is 21.6. The summed E-state index contributed by atoms with van der Waals surface area (Å²) in [5.41, 5.74) is 3.52. The zero-order valence-electron chi connectivity index (χ0n) is 18.3. The van der Waals surface area contributed by atoms with Crippen LogP contribution in [0.1, 0.15) is 5.69 Å². The van der Waals surface area contributed by atoms with Crippen LogP contribution in [0.15, 0.2) is 77.7 Å². The van der Waals surface area contributed by atoms with Crippen LogP contribution < -0.4 is 10.2 Å². The van der Waals surface area contributed by atoms with Crippen LogP contribution in [0.3, 0.4) is 0 Å². The lowest BCUT2D eigenvalue weighted by Gasteiger charge is -2.27. The van der Waals surface area contributed by atoms with E-state index in [1.165, 1.54) is 0 Å². The maximum atomic E-state index is 14.1. The van der Waals surface area contributed by atoms with Gasteiger partial charge >= 0.3 is 0 Å². The molecule has 1 aliphatic rings. The molecule has 0 radical (unpaired) electrons. The van der Waals surface area contributed by atoms with Crippen molar-refractivity contribution in [3.63, 3.8) is 0 Å². The number of morpholine rings is 1. The molecule has 0 aliphatic carbocycles. The molecule has 1 saturated heterocycles. The number of pyridine rings is 1. The van der Waals surface area contributed by atoms with E-state index >= 15 is 0 Å². The first-order valence-electron chi connectivity index (χ1n) is 10.8. The SMILES string of the molecule is Fc1cnc(N=NCc2ccc(Nc3cccc(-n4ccnc4)c3)cn2)nc1N1CCOCC1. The number of rotatable bonds is 7. The van der Waals surface area contributed by atoms with E-state index in [1.54, 1.807) is 18.7 Å². The van der Waals surface area contributed by atoms with Gasteiger partial charge in [-0.25, -0.2) is 14.4 Å². The molecule has 10 nitrogen and oxygen atoms in total. The summed E-state index contributed by atoms with van der Waals surface area (Å²) in [6.07, 6.45) is 8.24. The monoisotopic (exact) mass is 459 g/mol. The highest BCUT2D eigenvalue weighted by molar-refractivity contribution is 5.61. The molecule has 11 heteroatoms. The summed E-state index contributed by atoms with van der Waals surface area (Å²) in [6.45, 7) is 2.47. The van der Waals surface area contributed by atoms with Crippen molar-refractivity contribution in [2.45, 2.75) is 6.54 Å². The zero-order chi connectivity index (χ0) is 23.2. The molecule has 0 saturated carbocycles. The van der Waals surface area contributed by atoms with Crippen molar-refractivity contribution in [1.82, 2.24) is 24.5 Å². The fourth-order valence-corrected chi connectivity index (χ4v) is 3.48. The van der Waals surface area contributed by atoms with Crippen molar-refractivity contribution in [3.05, 3.63) is 79.0 Å². The van der Waals surface area contributed by atoms with Crippen molar-refractivity contribution in [3.8, 4) is 5.69 Å². The number of nitrogens with one attached hydrogen (secondary N) is 1. The molecule has 0 amide bonds. The molecule has 4 aromatic rings. The second kappa shape index (κ2) is 10.1. The lowest BCUT2D eigenvalue weighted by Crippen LogP contribution is -2.37. The Hall–Kier alpha value is -4.25. The van der Waals surface area contributed by atoms with Crippen LogP contribution in [0.5, 0.6) is 0 Å². The summed E-state index contributed by atoms with van der Waals surface area (Å²) in [5, 5.41) is 11.5. The summed E-state index contributed by atoms with van der Waals surface area (Å²) in [6, 6.07) is 11.8. The van der Waals surface area contributed by atoms with Gasteiger partial charge in [-0.15, -0.1) is 5.11 Å². The molecule has 0 spiro atoms. The quantitative estimate of drug-likeness (QED) is 0.416. The van der Waals surface area contributed by atoms with Gasteiger partial charge < -0.3 is 19.5 Å². The zero-order valence-corrected chi connectivity index (χ0v) is 18.3. The van der Waals surface area contributed by atoms with Crippen molar-refractivity contribution in [2.75, 3.05) is 36.5 Å². The van der Waals surface area contributed by atoms with Gasteiger partial charge in [-0.05, 0) is 30.3 Å². The first-order chi connectivity index (χ1) is 16.7. The molecule has 1 fully saturated rings. The van der Waals surface area contributed by atoms with Crippen LogP contribution in [-0.2, 0) is 11.3 Å². The minimum Gasteiger partial charge on any atom is -0.378 e. The van der Waals surface area contributed by atoms with E-state index in [2.05, 4.69) is 35.5 Å². The van der Waals surface area contributed by atoms with Gasteiger partial charge in [0.25, 0.3) is 5.95 Å². The lowest BCUT2D eigenvalue weighted by atomic mass is 10.2. The third kappa shape index (κ3) is 5.21. The van der Waals surface area contributed by atoms with Crippen LogP contribution in [0.25, 0.3) is 5.69 Å². The molecular weight excluding hydrogens is 437 g/mol. The largest absolute Gasteiger partial charge is 0.378 e. The number of anilines is 3. The van der Waals surface area contributed by atoms with Crippen molar-refractivity contribution >= 4 is 23.1 Å². The van der Waals surface area contributed by atoms with Crippen LogP contribution in [0, 0.1) is 5.82 Å². The number of hydrogen-bond donors (Lipinski definition) is 1. The Morgan fingerprint density at radius 2 is 1.97 bits per heavy atom. The van der Waals surface area contributed by atoms with Crippen LogP contribution in [0.4, 0.5) is 27.5 Å². The highest BCUT2D eigenvalue weighted by Crippen LogP contribution is 2.21. The number of hydrogen-bond acceptors (Lipinski definition) is 9. The first-order valence-corrected chi connectivity index (χ1v) is 10.8. The Morgan fingerprint density at radius 3 is 2.76 bits per heavy atom. The molecule has 0 bridgehead atoms. The number of nitrogens with zero attached hydrogens (tertiary/aromatic N) is 8. The molecule has 172 valence electrons. The molecule has 0 unspecified atom stereocenters. The second-order valence-electron chi connectivity index (χ2n) is 7.52. The predicted molar refractivity (Wildman–Crippen MR) is 124 cm³/mol. The number of halogens is 1. The molecule has 1 aromatic carbocycles. The van der Waals surface area contributed by atoms with E-state index in [9.17, 15) is 4.39 Å². The van der Waals surface area contributed by atoms with Gasteiger partial charge in [-0.1, -0.05) is 6.07 Å². The van der Waals surface area contributed by atoms with Gasteiger partial charge in [0.15, 0.2) is 11.6 Å². The van der Waals surface area contributed by atoms with Crippen LogP contribution >= 0.6 is 0 Å². The van der Waals surface area contributed by atoms with E-state index in [0.29, 0.717) is 26.3 Å². The van der Waals surface area contributed by atoms with E-state index in [-0.39, 0.29) is 18.3 Å². The van der Waals surface area contributed by atoms with Crippen molar-refractivity contribution in [1.29, 1.82) is 0 Å². The van der Waals surface area contributed by atoms with Gasteiger partial charge in [0.1, 0.15) is 6.54 Å². The Morgan fingerprint density at radius 1 is 1.06 bits per heavy atom. The van der Waals surface area contributed by atoms with Crippen molar-refractivity contribution in [2.24, 2.45) is 10.2 Å². The molecule has 34 heavy (non-hydrogen) atoms. The fraction of sp³-hybridized carbons (Fsp3) is 0.217. The number of benzene rings is 1. The Bertz CT molecular complexity index is 1260. The molecule has 3 aromatic heterocycles. The molecule has 0 atom stereocenters. The number of aromatic nitrogens is 5. The summed E-state index contributed by atoms with van der Waals surface area (Å²) < 4.78 is 21.4. The third-order valence-corrected chi connectivity index (χ3v) is 5.18. The highest BCUT2D eigenvalue weighted by Gasteiger charge is 2.17. The Labute approximate surface area is 195 Å². The molecular formula is C23H22FN9O. The topological polar surface area (TPSA) is 106 Å². The molecule has 1 N–H and O–H groups in total. The number of imidazole rings is 1. The van der Waals surface area contributed by atoms with Gasteiger partial charge in [0, 0.05) is 36.9 Å². The van der Waals surface area contributed by atoms with Crippen LogP contribution in [0.2, 0.25) is 0 Å². The molecule has 5 rings (SSSR count). The van der Waals surface area contributed by atoms with Gasteiger partial charge in [-0.2, -0.15) is 10.1 Å². The number of ether oxygens (including phenoxy) is 1. The minimum atomic E-state index is -0.485. The van der Waals surface area contributed by atoms with E-state index in [1.807, 2.05) is 52.1 Å². The highest BCUT2D eigenvalue weighted by atomic mass is 19.1. The van der Waals surface area contributed by atoms with Gasteiger partial charge in [0.05, 0.1) is 43.3 Å². The predicted octanol–water partition coefficient (Wildman–Crippen LogP) is 4.06. The maximum Gasteiger partial charge on any atom is 0.270 e. The van der Waals surface area contributed by atoms with E-state index in [4.69, 9.17) is 4.74 Å². The minimum absolute atomic E-state index is 0.110. The summed E-state index contributed by atoms with van der Waals surface area (Å²) in [7, 11) is 0. The standard InChI is InChI=1S/C23H22FN9O/c24-21-15-27-23(30-22(21)32-8-10-34-11-9-32)31-28-14-18-4-5-19(13-26-18)29-17-2-1-3-20(12-17)33-7-6-25-16-33/h1-7,12-13,15-16,29H,8-11,14H2. The number of azo groups is 1.